The molecule has 1 aromatic heterocycles. The molecule has 2 rings (SSSR count). The lowest BCUT2D eigenvalue weighted by molar-refractivity contribution is 0.459. The Labute approximate surface area is 111 Å². The summed E-state index contributed by atoms with van der Waals surface area (Å²) in [5.41, 5.74) is 0. The SMILES string of the molecule is CC(NS(=O)(=O)c1ccc(Cl)cc1)c1ccco1. The Bertz CT molecular complexity index is 605. The van der Waals surface area contributed by atoms with Gasteiger partial charge in [-0.05, 0) is 43.3 Å². The molecule has 0 spiro atoms. The normalized spacial score (nSPS) is 13.4. The van der Waals surface area contributed by atoms with E-state index in [2.05, 4.69) is 4.72 Å². The number of hydrogen-bond donors (Lipinski definition) is 1. The van der Waals surface area contributed by atoms with Crippen molar-refractivity contribution in [2.24, 2.45) is 0 Å². The third kappa shape index (κ3) is 2.93. The summed E-state index contributed by atoms with van der Waals surface area (Å²) in [7, 11) is -3.57. The van der Waals surface area contributed by atoms with Crippen molar-refractivity contribution in [3.8, 4) is 0 Å². The van der Waals surface area contributed by atoms with Gasteiger partial charge >= 0.3 is 0 Å². The molecule has 4 nitrogen and oxygen atoms in total. The van der Waals surface area contributed by atoms with Gasteiger partial charge in [-0.25, -0.2) is 13.1 Å². The Balaban J connectivity index is 2.20. The summed E-state index contributed by atoms with van der Waals surface area (Å²) in [4.78, 5) is 0.172. The van der Waals surface area contributed by atoms with Crippen LogP contribution in [0.4, 0.5) is 0 Å². The molecule has 0 bridgehead atoms. The molecule has 96 valence electrons. The molecule has 1 N–H and O–H groups in total. The summed E-state index contributed by atoms with van der Waals surface area (Å²) in [6.45, 7) is 1.71. The van der Waals surface area contributed by atoms with Crippen LogP contribution < -0.4 is 4.72 Å². The van der Waals surface area contributed by atoms with Gasteiger partial charge in [0, 0.05) is 5.02 Å². The Morgan fingerprint density at radius 1 is 1.22 bits per heavy atom. The van der Waals surface area contributed by atoms with E-state index in [0.717, 1.165) is 0 Å². The van der Waals surface area contributed by atoms with Crippen LogP contribution in [-0.4, -0.2) is 8.42 Å². The smallest absolute Gasteiger partial charge is 0.241 e. The first-order valence-corrected chi connectivity index (χ1v) is 7.16. The zero-order valence-corrected chi connectivity index (χ0v) is 11.2. The van der Waals surface area contributed by atoms with Crippen LogP contribution >= 0.6 is 11.6 Å². The van der Waals surface area contributed by atoms with Crippen molar-refractivity contribution in [1.29, 1.82) is 0 Å². The van der Waals surface area contributed by atoms with Crippen molar-refractivity contribution in [2.45, 2.75) is 17.9 Å². The molecular weight excluding hydrogens is 274 g/mol. The lowest BCUT2D eigenvalue weighted by Crippen LogP contribution is -2.26. The number of furan rings is 1. The summed E-state index contributed by atoms with van der Waals surface area (Å²) < 4.78 is 31.8. The molecule has 0 aliphatic rings. The van der Waals surface area contributed by atoms with Crippen LogP contribution in [0.5, 0.6) is 0 Å². The number of halogens is 1. The summed E-state index contributed by atoms with van der Waals surface area (Å²) in [6.07, 6.45) is 1.50. The number of nitrogens with one attached hydrogen (secondary N) is 1. The standard InChI is InChI=1S/C12H12ClNO3S/c1-9(12-3-2-8-17-12)14-18(15,16)11-6-4-10(13)5-7-11/h2-9,14H,1H3. The highest BCUT2D eigenvalue weighted by atomic mass is 35.5. The van der Waals surface area contributed by atoms with Gasteiger partial charge in [0.2, 0.25) is 10.0 Å². The number of rotatable bonds is 4. The van der Waals surface area contributed by atoms with Gasteiger partial charge in [0.15, 0.2) is 0 Å². The number of sulfonamides is 1. The molecule has 0 radical (unpaired) electrons. The average molecular weight is 286 g/mol. The summed E-state index contributed by atoms with van der Waals surface area (Å²) in [5.74, 6) is 0.563. The molecule has 1 atom stereocenters. The molecule has 1 unspecified atom stereocenters. The second kappa shape index (κ2) is 5.14. The van der Waals surface area contributed by atoms with Gasteiger partial charge in [0.25, 0.3) is 0 Å². The second-order valence-corrected chi connectivity index (χ2v) is 5.96. The third-order valence-corrected chi connectivity index (χ3v) is 4.23. The van der Waals surface area contributed by atoms with Crippen LogP contribution in [0, 0.1) is 0 Å². The Morgan fingerprint density at radius 3 is 2.44 bits per heavy atom. The van der Waals surface area contributed by atoms with Crippen LogP contribution in [0.2, 0.25) is 5.02 Å². The molecule has 0 saturated heterocycles. The van der Waals surface area contributed by atoms with Crippen LogP contribution in [0.15, 0.2) is 52.0 Å². The van der Waals surface area contributed by atoms with E-state index in [0.29, 0.717) is 10.8 Å². The molecule has 2 aromatic rings. The Morgan fingerprint density at radius 2 is 1.89 bits per heavy atom. The van der Waals surface area contributed by atoms with Gasteiger partial charge < -0.3 is 4.42 Å². The molecule has 18 heavy (non-hydrogen) atoms. The van der Waals surface area contributed by atoms with Crippen LogP contribution in [0.1, 0.15) is 18.7 Å². The monoisotopic (exact) mass is 285 g/mol. The molecule has 0 saturated carbocycles. The molecule has 0 aliphatic carbocycles. The van der Waals surface area contributed by atoms with Crippen LogP contribution in [0.3, 0.4) is 0 Å². The van der Waals surface area contributed by atoms with Gasteiger partial charge in [0.05, 0.1) is 17.2 Å². The van der Waals surface area contributed by atoms with Gasteiger partial charge in [-0.15, -0.1) is 0 Å². The highest BCUT2D eigenvalue weighted by Gasteiger charge is 2.19. The van der Waals surface area contributed by atoms with E-state index < -0.39 is 16.1 Å². The average Bonchev–Trinajstić information content (AvgIpc) is 2.82. The maximum atomic E-state index is 12.1. The van der Waals surface area contributed by atoms with Crippen LogP contribution in [-0.2, 0) is 10.0 Å². The molecule has 6 heteroatoms. The minimum atomic E-state index is -3.57. The maximum absolute atomic E-state index is 12.1. The minimum Gasteiger partial charge on any atom is -0.468 e. The van der Waals surface area contributed by atoms with Crippen molar-refractivity contribution in [3.05, 3.63) is 53.4 Å². The maximum Gasteiger partial charge on any atom is 0.241 e. The minimum absolute atomic E-state index is 0.172. The van der Waals surface area contributed by atoms with E-state index in [1.54, 1.807) is 19.1 Å². The fraction of sp³-hybridized carbons (Fsp3) is 0.167. The van der Waals surface area contributed by atoms with E-state index in [-0.39, 0.29) is 4.90 Å². The predicted octanol–water partition coefficient (Wildman–Crippen LogP) is 2.97. The lowest BCUT2D eigenvalue weighted by Gasteiger charge is -2.12. The fourth-order valence-electron chi connectivity index (χ4n) is 1.51. The highest BCUT2D eigenvalue weighted by Crippen LogP contribution is 2.18. The quantitative estimate of drug-likeness (QED) is 0.939. The second-order valence-electron chi connectivity index (χ2n) is 3.81. The zero-order valence-electron chi connectivity index (χ0n) is 9.63. The van der Waals surface area contributed by atoms with Crippen molar-refractivity contribution in [2.75, 3.05) is 0 Å². The Hall–Kier alpha value is -1.30. The van der Waals surface area contributed by atoms with E-state index >= 15 is 0 Å². The van der Waals surface area contributed by atoms with E-state index in [1.165, 1.54) is 30.5 Å². The van der Waals surface area contributed by atoms with E-state index in [4.69, 9.17) is 16.0 Å². The Kier molecular flexibility index (Phi) is 3.75. The lowest BCUT2D eigenvalue weighted by atomic mass is 10.3. The summed E-state index contributed by atoms with van der Waals surface area (Å²) >= 11 is 5.72. The molecule has 1 heterocycles. The van der Waals surface area contributed by atoms with Crippen molar-refractivity contribution in [3.63, 3.8) is 0 Å². The van der Waals surface area contributed by atoms with Crippen LogP contribution in [0.25, 0.3) is 0 Å². The first-order valence-electron chi connectivity index (χ1n) is 5.30. The van der Waals surface area contributed by atoms with Crippen molar-refractivity contribution >= 4 is 21.6 Å². The zero-order chi connectivity index (χ0) is 13.2. The predicted molar refractivity (Wildman–Crippen MR) is 68.9 cm³/mol. The third-order valence-electron chi connectivity index (χ3n) is 2.43. The first kappa shape index (κ1) is 13.1. The van der Waals surface area contributed by atoms with E-state index in [9.17, 15) is 8.42 Å². The number of hydrogen-bond acceptors (Lipinski definition) is 3. The molecule has 0 fully saturated rings. The molecule has 0 aliphatic heterocycles. The largest absolute Gasteiger partial charge is 0.468 e. The van der Waals surface area contributed by atoms with Gasteiger partial charge in [-0.2, -0.15) is 0 Å². The van der Waals surface area contributed by atoms with Gasteiger partial charge in [0.1, 0.15) is 5.76 Å². The molecule has 1 aromatic carbocycles. The van der Waals surface area contributed by atoms with Crippen molar-refractivity contribution in [1.82, 2.24) is 4.72 Å². The topological polar surface area (TPSA) is 59.3 Å². The van der Waals surface area contributed by atoms with Crippen molar-refractivity contribution < 1.29 is 12.8 Å². The fourth-order valence-corrected chi connectivity index (χ4v) is 2.85. The molecular formula is C12H12ClNO3S. The first-order chi connectivity index (χ1) is 8.49. The summed E-state index contributed by atoms with van der Waals surface area (Å²) in [5, 5.41) is 0.494. The number of benzene rings is 1. The highest BCUT2D eigenvalue weighted by molar-refractivity contribution is 7.89. The summed E-state index contributed by atoms with van der Waals surface area (Å²) in [6, 6.07) is 8.98. The van der Waals surface area contributed by atoms with Gasteiger partial charge in [-0.3, -0.25) is 0 Å². The molecule has 0 amide bonds. The van der Waals surface area contributed by atoms with Gasteiger partial charge in [-0.1, -0.05) is 11.6 Å². The van der Waals surface area contributed by atoms with E-state index in [1.807, 2.05) is 0 Å².